The van der Waals surface area contributed by atoms with Gasteiger partial charge in [-0.25, -0.2) is 9.59 Å². The predicted octanol–water partition coefficient (Wildman–Crippen LogP) is 6.17. The van der Waals surface area contributed by atoms with Gasteiger partial charge in [-0.15, -0.1) is 0 Å². The molecule has 2 aromatic heterocycles. The molecule has 6 aromatic rings. The molecule has 2 amide bonds. The number of esters is 2. The molecule has 4 aromatic carbocycles. The number of benzene rings is 4. The van der Waals surface area contributed by atoms with Crippen LogP contribution in [0.5, 0.6) is 11.5 Å². The van der Waals surface area contributed by atoms with Crippen LogP contribution in [0, 0.1) is 0 Å². The second-order valence-corrected chi connectivity index (χ2v) is 15.1. The minimum atomic E-state index is -0.670. The molecule has 14 heteroatoms. The maximum Gasteiger partial charge on any atom is 0.341 e. The van der Waals surface area contributed by atoms with Crippen LogP contribution in [-0.4, -0.2) is 68.7 Å². The zero-order chi connectivity index (χ0) is 38.2. The van der Waals surface area contributed by atoms with Crippen LogP contribution >= 0.6 is 21.6 Å². The Bertz CT molecular complexity index is 2160. The highest BCUT2D eigenvalue weighted by Crippen LogP contribution is 2.37. The van der Waals surface area contributed by atoms with Gasteiger partial charge in [0.15, 0.2) is 0 Å². The van der Waals surface area contributed by atoms with E-state index in [-0.39, 0.29) is 47.5 Å². The van der Waals surface area contributed by atoms with Crippen LogP contribution in [0.1, 0.15) is 43.0 Å². The average molecular weight is 767 g/mol. The first kappa shape index (κ1) is 37.9. The van der Waals surface area contributed by atoms with Gasteiger partial charge in [0.1, 0.15) is 22.6 Å². The van der Waals surface area contributed by atoms with E-state index in [0.717, 1.165) is 32.9 Å². The van der Waals surface area contributed by atoms with E-state index in [1.54, 1.807) is 12.1 Å². The number of phenolic OH excluding ortho intramolecular Hbond substituents is 2. The quantitative estimate of drug-likeness (QED) is 0.0522. The molecule has 2 unspecified atom stereocenters. The second kappa shape index (κ2) is 17.3. The van der Waals surface area contributed by atoms with Gasteiger partial charge in [-0.3, -0.25) is 9.59 Å². The molecule has 0 aliphatic carbocycles. The largest absolute Gasteiger partial charge is 0.507 e. The molecule has 54 heavy (non-hydrogen) atoms. The van der Waals surface area contributed by atoms with E-state index in [4.69, 9.17) is 9.47 Å². The van der Waals surface area contributed by atoms with Gasteiger partial charge in [-0.1, -0.05) is 70.1 Å². The van der Waals surface area contributed by atoms with Gasteiger partial charge in [-0.05, 0) is 71.5 Å². The summed E-state index contributed by atoms with van der Waals surface area (Å²) in [5.74, 6) is -2.40. The number of fused-ring (bicyclic) bond motifs is 2. The third-order valence-corrected chi connectivity index (χ3v) is 12.0. The van der Waals surface area contributed by atoms with Crippen LogP contribution in [0.25, 0.3) is 21.8 Å². The number of hydrogen-bond donors (Lipinski definition) is 6. The van der Waals surface area contributed by atoms with E-state index in [1.165, 1.54) is 60.1 Å². The number of ether oxygens (including phenoxy) is 2. The Kier molecular flexibility index (Phi) is 12.1. The molecule has 0 aliphatic heterocycles. The summed E-state index contributed by atoms with van der Waals surface area (Å²) in [5.41, 5.74) is 4.95. The van der Waals surface area contributed by atoms with Gasteiger partial charge in [0.25, 0.3) is 0 Å². The van der Waals surface area contributed by atoms with Crippen LogP contribution in [0.3, 0.4) is 0 Å². The number of methoxy groups -OCH3 is 2. The molecule has 0 saturated heterocycles. The molecule has 0 aliphatic rings. The van der Waals surface area contributed by atoms with Crippen molar-refractivity contribution in [2.75, 3.05) is 14.2 Å². The smallest absolute Gasteiger partial charge is 0.341 e. The highest BCUT2D eigenvalue weighted by atomic mass is 33.1. The van der Waals surface area contributed by atoms with Crippen LogP contribution in [0.15, 0.2) is 97.3 Å². The number of hydrogen-bond acceptors (Lipinski definition) is 10. The molecule has 2 atom stereocenters. The number of phenols is 2. The lowest BCUT2D eigenvalue weighted by molar-refractivity contribution is -0.121. The predicted molar refractivity (Wildman–Crippen MR) is 209 cm³/mol. The van der Waals surface area contributed by atoms with E-state index >= 15 is 0 Å². The number of carbonyl (C=O) groups is 4. The lowest BCUT2D eigenvalue weighted by atomic mass is 10.1. The molecular formula is C40H38N4O8S2. The lowest BCUT2D eigenvalue weighted by Crippen LogP contribution is -2.35. The first-order valence-electron chi connectivity index (χ1n) is 16.9. The van der Waals surface area contributed by atoms with E-state index < -0.39 is 22.4 Å². The number of carbonyl (C=O) groups excluding carboxylic acids is 4. The van der Waals surface area contributed by atoms with Gasteiger partial charge in [0.2, 0.25) is 11.8 Å². The number of aromatic nitrogens is 2. The number of amides is 2. The molecular weight excluding hydrogens is 729 g/mol. The van der Waals surface area contributed by atoms with Gasteiger partial charge >= 0.3 is 11.9 Å². The first-order chi connectivity index (χ1) is 26.1. The summed E-state index contributed by atoms with van der Waals surface area (Å²) in [5, 5.41) is 27.4. The van der Waals surface area contributed by atoms with E-state index in [2.05, 4.69) is 20.6 Å². The Morgan fingerprint density at radius 1 is 0.630 bits per heavy atom. The highest BCUT2D eigenvalue weighted by Gasteiger charge is 2.28. The van der Waals surface area contributed by atoms with E-state index in [1.807, 2.05) is 60.9 Å². The van der Waals surface area contributed by atoms with Gasteiger partial charge in [0, 0.05) is 47.3 Å². The summed E-state index contributed by atoms with van der Waals surface area (Å²) < 4.78 is 9.42. The number of rotatable bonds is 15. The summed E-state index contributed by atoms with van der Waals surface area (Å²) in [6.07, 6.45) is 4.48. The number of H-pyrrole nitrogens is 2. The van der Waals surface area contributed by atoms with Crippen molar-refractivity contribution in [2.24, 2.45) is 0 Å². The fraction of sp³-hybridized carbons (Fsp3) is 0.200. The minimum Gasteiger partial charge on any atom is -0.507 e. The van der Waals surface area contributed by atoms with Gasteiger partial charge in [0.05, 0.1) is 24.7 Å². The Morgan fingerprint density at radius 2 is 1.04 bits per heavy atom. The third-order valence-electron chi connectivity index (χ3n) is 8.90. The standard InChI is InChI=1S/C40H38N4O8S2/c1-51-39(49)29-13-11-23(15-33(29)45)19-43-37(47)35(17-25-21-41-31-9-5-3-7-27(25)31)53-54-36(18-26-22-42-32-10-6-4-8-28(26)32)38(48)44-20-24-12-14-30(34(46)16-24)40(50)52-2/h3-16,21-22,35-36,41-42,45-46H,17-20H2,1-2H3,(H,43,47)(H,44,48). The molecule has 0 saturated carbocycles. The maximum absolute atomic E-state index is 13.9. The van der Waals surface area contributed by atoms with Crippen LogP contribution < -0.4 is 10.6 Å². The van der Waals surface area contributed by atoms with Crippen molar-refractivity contribution in [3.8, 4) is 11.5 Å². The van der Waals surface area contributed by atoms with E-state index in [9.17, 15) is 29.4 Å². The third kappa shape index (κ3) is 8.84. The summed E-state index contributed by atoms with van der Waals surface area (Å²) in [4.78, 5) is 58.3. The van der Waals surface area contributed by atoms with Crippen molar-refractivity contribution in [1.29, 1.82) is 0 Å². The molecule has 0 bridgehead atoms. The molecule has 2 heterocycles. The maximum atomic E-state index is 13.9. The number of aromatic amines is 2. The normalized spacial score (nSPS) is 12.3. The molecule has 0 radical (unpaired) electrons. The Hall–Kier alpha value is -5.86. The van der Waals surface area contributed by atoms with E-state index in [0.29, 0.717) is 24.0 Å². The Labute approximate surface area is 318 Å². The molecule has 6 rings (SSSR count). The fourth-order valence-electron chi connectivity index (χ4n) is 6.02. The van der Waals surface area contributed by atoms with Crippen molar-refractivity contribution >= 4 is 67.1 Å². The highest BCUT2D eigenvalue weighted by molar-refractivity contribution is 8.77. The van der Waals surface area contributed by atoms with Crippen LogP contribution in [-0.2, 0) is 45.0 Å². The second-order valence-electron chi connectivity index (χ2n) is 12.4. The average Bonchev–Trinajstić information content (AvgIpc) is 3.80. The Balaban J connectivity index is 1.22. The summed E-state index contributed by atoms with van der Waals surface area (Å²) in [7, 11) is 5.05. The van der Waals surface area contributed by atoms with Crippen LogP contribution in [0.4, 0.5) is 0 Å². The van der Waals surface area contributed by atoms with Gasteiger partial charge in [-0.2, -0.15) is 0 Å². The minimum absolute atomic E-state index is 0.0197. The van der Waals surface area contributed by atoms with Crippen LogP contribution in [0.2, 0.25) is 0 Å². The SMILES string of the molecule is COC(=O)c1ccc(CNC(=O)C(Cc2c[nH]c3ccccc23)SSC(Cc2c[nH]c3ccccc23)C(=O)NCc2ccc(C(=O)OC)c(O)c2)cc1O. The zero-order valence-corrected chi connectivity index (χ0v) is 31.0. The fourth-order valence-corrected chi connectivity index (χ4v) is 8.86. The zero-order valence-electron chi connectivity index (χ0n) is 29.4. The molecule has 0 fully saturated rings. The monoisotopic (exact) mass is 766 g/mol. The van der Waals surface area contributed by atoms with Crippen molar-refractivity contribution in [3.05, 3.63) is 131 Å². The van der Waals surface area contributed by atoms with Crippen molar-refractivity contribution in [2.45, 2.75) is 36.4 Å². The number of aromatic hydroxyl groups is 2. The number of nitrogens with one attached hydrogen (secondary N) is 4. The molecule has 0 spiro atoms. The molecule has 278 valence electrons. The van der Waals surface area contributed by atoms with Gasteiger partial charge < -0.3 is 40.3 Å². The van der Waals surface area contributed by atoms with Crippen molar-refractivity contribution < 1.29 is 38.9 Å². The molecule has 6 N–H and O–H groups in total. The molecule has 12 nitrogen and oxygen atoms in total. The summed E-state index contributed by atoms with van der Waals surface area (Å²) in [6.45, 7) is 0.175. The summed E-state index contributed by atoms with van der Waals surface area (Å²) in [6, 6.07) is 24.6. The lowest BCUT2D eigenvalue weighted by Gasteiger charge is -2.20. The van der Waals surface area contributed by atoms with Crippen molar-refractivity contribution in [1.82, 2.24) is 20.6 Å². The number of para-hydroxylation sites is 2. The first-order valence-corrected chi connectivity index (χ1v) is 19.2. The Morgan fingerprint density at radius 3 is 1.43 bits per heavy atom. The topological polar surface area (TPSA) is 183 Å². The summed E-state index contributed by atoms with van der Waals surface area (Å²) >= 11 is 0. The van der Waals surface area contributed by atoms with Crippen molar-refractivity contribution in [3.63, 3.8) is 0 Å².